The number of rotatable bonds is 3. The van der Waals surface area contributed by atoms with Crippen LogP contribution in [-0.4, -0.2) is 15.3 Å². The van der Waals surface area contributed by atoms with E-state index in [0.29, 0.717) is 12.2 Å². The molecule has 0 saturated heterocycles. The van der Waals surface area contributed by atoms with Crippen molar-refractivity contribution >= 4 is 0 Å². The van der Waals surface area contributed by atoms with E-state index in [1.807, 2.05) is 12.1 Å². The summed E-state index contributed by atoms with van der Waals surface area (Å²) in [7, 11) is 0. The molecule has 0 saturated carbocycles. The molecule has 1 heterocycles. The summed E-state index contributed by atoms with van der Waals surface area (Å²) in [5.74, 6) is 0. The molecule has 1 N–H and O–H groups in total. The van der Waals surface area contributed by atoms with Crippen molar-refractivity contribution in [2.45, 2.75) is 39.0 Å². The van der Waals surface area contributed by atoms with Gasteiger partial charge >= 0.3 is 6.18 Å². The summed E-state index contributed by atoms with van der Waals surface area (Å²) in [6, 6.07) is 7.27. The number of hydrogen-bond acceptors (Lipinski definition) is 2. The molecule has 0 aliphatic rings. The van der Waals surface area contributed by atoms with Gasteiger partial charge in [-0.15, -0.1) is 0 Å². The van der Waals surface area contributed by atoms with Crippen LogP contribution < -0.4 is 5.32 Å². The Labute approximate surface area is 121 Å². The lowest BCUT2D eigenvalue weighted by atomic mass is 10.1. The van der Waals surface area contributed by atoms with Crippen molar-refractivity contribution in [3.8, 4) is 5.69 Å². The fourth-order valence-corrected chi connectivity index (χ4v) is 1.74. The number of nitrogens with one attached hydrogen (secondary N) is 1. The van der Waals surface area contributed by atoms with E-state index in [4.69, 9.17) is 0 Å². The topological polar surface area (TPSA) is 29.9 Å². The van der Waals surface area contributed by atoms with Crippen molar-refractivity contribution in [3.05, 3.63) is 47.8 Å². The van der Waals surface area contributed by atoms with E-state index in [1.165, 1.54) is 4.68 Å². The Bertz CT molecular complexity index is 592. The zero-order valence-corrected chi connectivity index (χ0v) is 12.2. The monoisotopic (exact) mass is 297 g/mol. The largest absolute Gasteiger partial charge is 0.419 e. The maximum Gasteiger partial charge on any atom is 0.419 e. The summed E-state index contributed by atoms with van der Waals surface area (Å²) in [5.41, 5.74) is 0.935. The summed E-state index contributed by atoms with van der Waals surface area (Å²) >= 11 is 0. The maximum atomic E-state index is 12.5. The van der Waals surface area contributed by atoms with E-state index in [-0.39, 0.29) is 5.54 Å². The van der Waals surface area contributed by atoms with E-state index in [2.05, 4.69) is 31.2 Å². The highest BCUT2D eigenvalue weighted by molar-refractivity contribution is 5.34. The van der Waals surface area contributed by atoms with Crippen molar-refractivity contribution in [2.24, 2.45) is 0 Å². The van der Waals surface area contributed by atoms with Gasteiger partial charge in [0.25, 0.3) is 0 Å². The number of halogens is 3. The Morgan fingerprint density at radius 1 is 1.10 bits per heavy atom. The molecule has 0 radical (unpaired) electrons. The van der Waals surface area contributed by atoms with Gasteiger partial charge in [0.15, 0.2) is 0 Å². The van der Waals surface area contributed by atoms with Crippen LogP contribution in [0, 0.1) is 0 Å². The average molecular weight is 297 g/mol. The molecule has 0 spiro atoms. The van der Waals surface area contributed by atoms with Gasteiger partial charge in [-0.1, -0.05) is 12.1 Å². The second kappa shape index (κ2) is 5.52. The number of benzene rings is 1. The first-order valence-electron chi connectivity index (χ1n) is 6.61. The second-order valence-corrected chi connectivity index (χ2v) is 5.94. The smallest absolute Gasteiger partial charge is 0.308 e. The number of alkyl halides is 3. The molecule has 0 amide bonds. The normalized spacial score (nSPS) is 12.7. The Morgan fingerprint density at radius 2 is 1.71 bits per heavy atom. The van der Waals surface area contributed by atoms with Gasteiger partial charge in [0.1, 0.15) is 0 Å². The highest BCUT2D eigenvalue weighted by Crippen LogP contribution is 2.29. The molecular formula is C15H18F3N3. The summed E-state index contributed by atoms with van der Waals surface area (Å²) in [5, 5.41) is 7.10. The molecule has 0 fully saturated rings. The van der Waals surface area contributed by atoms with Gasteiger partial charge in [-0.05, 0) is 38.5 Å². The molecule has 1 aromatic heterocycles. The third kappa shape index (κ3) is 4.32. The first-order valence-corrected chi connectivity index (χ1v) is 6.61. The molecule has 114 valence electrons. The predicted octanol–water partition coefficient (Wildman–Crippen LogP) is 3.78. The van der Waals surface area contributed by atoms with Gasteiger partial charge in [0.05, 0.1) is 17.4 Å². The standard InChI is InChI=1S/C15H18F3N3/c1-14(2,3)19-8-11-4-6-13(7-5-11)21-10-12(9-20-21)15(16,17)18/h4-7,9-10,19H,8H2,1-3H3. The van der Waals surface area contributed by atoms with E-state index >= 15 is 0 Å². The summed E-state index contributed by atoms with van der Waals surface area (Å²) < 4.78 is 38.8. The molecule has 2 aromatic rings. The maximum absolute atomic E-state index is 12.5. The van der Waals surface area contributed by atoms with Crippen LogP contribution in [0.25, 0.3) is 5.69 Å². The molecule has 0 aliphatic carbocycles. The Balaban J connectivity index is 2.10. The lowest BCUT2D eigenvalue weighted by Crippen LogP contribution is -2.35. The quantitative estimate of drug-likeness (QED) is 0.934. The molecule has 0 atom stereocenters. The molecule has 0 bridgehead atoms. The van der Waals surface area contributed by atoms with Crippen LogP contribution in [0.2, 0.25) is 0 Å². The molecular weight excluding hydrogens is 279 g/mol. The Morgan fingerprint density at radius 3 is 2.19 bits per heavy atom. The first-order chi connectivity index (χ1) is 9.65. The molecule has 0 unspecified atom stereocenters. The third-order valence-corrected chi connectivity index (χ3v) is 2.93. The van der Waals surface area contributed by atoms with Crippen molar-refractivity contribution in [2.75, 3.05) is 0 Å². The average Bonchev–Trinajstić information content (AvgIpc) is 2.85. The van der Waals surface area contributed by atoms with Gasteiger partial charge in [0.2, 0.25) is 0 Å². The number of aromatic nitrogens is 2. The molecule has 0 aliphatic heterocycles. The lowest BCUT2D eigenvalue weighted by molar-refractivity contribution is -0.137. The van der Waals surface area contributed by atoms with Crippen molar-refractivity contribution in [1.29, 1.82) is 0 Å². The highest BCUT2D eigenvalue weighted by Gasteiger charge is 2.32. The van der Waals surface area contributed by atoms with Crippen LogP contribution in [0.4, 0.5) is 13.2 Å². The third-order valence-electron chi connectivity index (χ3n) is 2.93. The van der Waals surface area contributed by atoms with Crippen LogP contribution >= 0.6 is 0 Å². The lowest BCUT2D eigenvalue weighted by Gasteiger charge is -2.20. The van der Waals surface area contributed by atoms with Gasteiger partial charge in [0, 0.05) is 18.3 Å². The van der Waals surface area contributed by atoms with Crippen LogP contribution in [0.3, 0.4) is 0 Å². The number of nitrogens with zero attached hydrogens (tertiary/aromatic N) is 2. The summed E-state index contributed by atoms with van der Waals surface area (Å²) in [6.45, 7) is 6.92. The van der Waals surface area contributed by atoms with Crippen LogP contribution in [0.1, 0.15) is 31.9 Å². The fourth-order valence-electron chi connectivity index (χ4n) is 1.74. The summed E-state index contributed by atoms with van der Waals surface area (Å²) in [4.78, 5) is 0. The minimum absolute atomic E-state index is 0.0161. The van der Waals surface area contributed by atoms with Gasteiger partial charge in [-0.25, -0.2) is 4.68 Å². The number of hydrogen-bond donors (Lipinski definition) is 1. The summed E-state index contributed by atoms with van der Waals surface area (Å²) in [6.07, 6.45) is -2.55. The van der Waals surface area contributed by atoms with Crippen LogP contribution in [0.15, 0.2) is 36.7 Å². The van der Waals surface area contributed by atoms with Crippen LogP contribution in [0.5, 0.6) is 0 Å². The van der Waals surface area contributed by atoms with Gasteiger partial charge in [-0.3, -0.25) is 0 Å². The van der Waals surface area contributed by atoms with Crippen molar-refractivity contribution < 1.29 is 13.2 Å². The first kappa shape index (κ1) is 15.6. The second-order valence-electron chi connectivity index (χ2n) is 5.94. The molecule has 3 nitrogen and oxygen atoms in total. The highest BCUT2D eigenvalue weighted by atomic mass is 19.4. The zero-order chi connectivity index (χ0) is 15.7. The zero-order valence-electron chi connectivity index (χ0n) is 12.2. The van der Waals surface area contributed by atoms with E-state index in [1.54, 1.807) is 12.1 Å². The van der Waals surface area contributed by atoms with E-state index in [0.717, 1.165) is 18.0 Å². The SMILES string of the molecule is CC(C)(C)NCc1ccc(-n2cc(C(F)(F)F)cn2)cc1. The van der Waals surface area contributed by atoms with Crippen molar-refractivity contribution in [1.82, 2.24) is 15.1 Å². The van der Waals surface area contributed by atoms with Crippen LogP contribution in [-0.2, 0) is 12.7 Å². The Kier molecular flexibility index (Phi) is 4.09. The van der Waals surface area contributed by atoms with Gasteiger partial charge in [-0.2, -0.15) is 18.3 Å². The predicted molar refractivity (Wildman–Crippen MR) is 75.2 cm³/mol. The minimum Gasteiger partial charge on any atom is -0.308 e. The molecule has 1 aromatic carbocycles. The van der Waals surface area contributed by atoms with E-state index in [9.17, 15) is 13.2 Å². The molecule has 2 rings (SSSR count). The molecule has 6 heteroatoms. The minimum atomic E-state index is -4.37. The fraction of sp³-hybridized carbons (Fsp3) is 0.400. The van der Waals surface area contributed by atoms with Gasteiger partial charge < -0.3 is 5.32 Å². The van der Waals surface area contributed by atoms with E-state index < -0.39 is 11.7 Å². The van der Waals surface area contributed by atoms with Crippen molar-refractivity contribution in [3.63, 3.8) is 0 Å². The Hall–Kier alpha value is -1.82. The molecule has 21 heavy (non-hydrogen) atoms.